The molecule has 1 saturated carbocycles. The molecule has 2 bridgehead atoms. The number of hydrogen-bond acceptors (Lipinski definition) is 0. The molecule has 1 unspecified atom stereocenters. The third-order valence-electron chi connectivity index (χ3n) is 4.64. The molecule has 0 heterocycles. The Hall–Kier alpha value is -1.39. The van der Waals surface area contributed by atoms with Crippen molar-refractivity contribution in [2.75, 3.05) is 0 Å². The molecule has 2 aromatic rings. The molecule has 0 amide bonds. The average Bonchev–Trinajstić information content (AvgIpc) is 3.13. The normalized spacial score (nSPS) is 27.4. The highest BCUT2D eigenvalue weighted by molar-refractivity contribution is 7.73. The molecular weight excluding hydrogens is 259 g/mol. The molecule has 2 aromatic carbocycles. The minimum absolute atomic E-state index is 0.218. The lowest BCUT2D eigenvalue weighted by atomic mass is 10.1. The monoisotopic (exact) mass is 278 g/mol. The van der Waals surface area contributed by atoms with Crippen LogP contribution in [0.5, 0.6) is 0 Å². The standard InChI is InChI=1S/C19H19P/c1-3-7-17(8-4-1)20(18-9-5-2-6-10-18)19-14-15-11-12-16(19)13-15/h1-12,15-16,19H,13-14H2/t15-,16+,19?/m0/s1. The molecule has 3 atom stereocenters. The van der Waals surface area contributed by atoms with Gasteiger partial charge < -0.3 is 0 Å². The van der Waals surface area contributed by atoms with Gasteiger partial charge in [-0.3, -0.25) is 0 Å². The molecule has 20 heavy (non-hydrogen) atoms. The van der Waals surface area contributed by atoms with Crippen molar-refractivity contribution in [1.29, 1.82) is 0 Å². The second-order valence-electron chi connectivity index (χ2n) is 5.89. The van der Waals surface area contributed by atoms with E-state index in [-0.39, 0.29) is 7.92 Å². The van der Waals surface area contributed by atoms with Gasteiger partial charge in [0, 0.05) is 0 Å². The molecule has 0 saturated heterocycles. The van der Waals surface area contributed by atoms with Gasteiger partial charge in [-0.15, -0.1) is 0 Å². The van der Waals surface area contributed by atoms with Gasteiger partial charge in [-0.25, -0.2) is 0 Å². The topological polar surface area (TPSA) is 0 Å². The summed E-state index contributed by atoms with van der Waals surface area (Å²) in [6.07, 6.45) is 7.71. The summed E-state index contributed by atoms with van der Waals surface area (Å²) in [6.45, 7) is 0. The predicted molar refractivity (Wildman–Crippen MR) is 88.2 cm³/mol. The molecule has 100 valence electrons. The summed E-state index contributed by atoms with van der Waals surface area (Å²) in [5, 5.41) is 3.08. The summed E-state index contributed by atoms with van der Waals surface area (Å²) in [4.78, 5) is 0. The molecule has 2 aliphatic rings. The van der Waals surface area contributed by atoms with Crippen molar-refractivity contribution < 1.29 is 0 Å². The summed E-state index contributed by atoms with van der Waals surface area (Å²) in [6, 6.07) is 22.3. The molecule has 2 aliphatic carbocycles. The van der Waals surface area contributed by atoms with E-state index in [9.17, 15) is 0 Å². The Morgan fingerprint density at radius 3 is 1.75 bits per heavy atom. The summed E-state index contributed by atoms with van der Waals surface area (Å²) in [7, 11) is -0.218. The van der Waals surface area contributed by atoms with E-state index in [1.165, 1.54) is 12.8 Å². The van der Waals surface area contributed by atoms with E-state index in [1.54, 1.807) is 10.6 Å². The first-order valence-electron chi connectivity index (χ1n) is 7.49. The quantitative estimate of drug-likeness (QED) is 0.586. The SMILES string of the molecule is C1=C[C@@H]2C[C@H]1CC2P(c1ccccc1)c1ccccc1. The van der Waals surface area contributed by atoms with Crippen molar-refractivity contribution in [2.45, 2.75) is 18.5 Å². The number of benzene rings is 2. The molecule has 0 aromatic heterocycles. The van der Waals surface area contributed by atoms with Crippen LogP contribution in [0, 0.1) is 11.8 Å². The van der Waals surface area contributed by atoms with Crippen molar-refractivity contribution in [3.8, 4) is 0 Å². The minimum atomic E-state index is -0.218. The molecule has 1 heteroatoms. The molecule has 0 N–H and O–H groups in total. The number of rotatable bonds is 3. The maximum atomic E-state index is 2.49. The fourth-order valence-electron chi connectivity index (χ4n) is 3.76. The fourth-order valence-corrected chi connectivity index (χ4v) is 6.89. The Labute approximate surface area is 122 Å². The smallest absolute Gasteiger partial charge is 0.00601 e. The van der Waals surface area contributed by atoms with Crippen LogP contribution in [0.25, 0.3) is 0 Å². The highest BCUT2D eigenvalue weighted by Gasteiger charge is 2.40. The first kappa shape index (κ1) is 12.4. The highest BCUT2D eigenvalue weighted by atomic mass is 31.1. The summed E-state index contributed by atoms with van der Waals surface area (Å²) in [5.74, 6) is 1.66. The van der Waals surface area contributed by atoms with Crippen LogP contribution in [0.2, 0.25) is 0 Å². The van der Waals surface area contributed by atoms with Crippen LogP contribution >= 0.6 is 7.92 Å². The molecular formula is C19H19P. The van der Waals surface area contributed by atoms with E-state index in [0.29, 0.717) is 0 Å². The Morgan fingerprint density at radius 2 is 1.30 bits per heavy atom. The summed E-state index contributed by atoms with van der Waals surface area (Å²) < 4.78 is 0. The Morgan fingerprint density at radius 1 is 0.700 bits per heavy atom. The van der Waals surface area contributed by atoms with Crippen LogP contribution in [0.3, 0.4) is 0 Å². The molecule has 0 nitrogen and oxygen atoms in total. The van der Waals surface area contributed by atoms with Gasteiger partial charge in [-0.2, -0.15) is 0 Å². The average molecular weight is 278 g/mol. The van der Waals surface area contributed by atoms with Crippen LogP contribution in [0.4, 0.5) is 0 Å². The van der Waals surface area contributed by atoms with Crippen molar-refractivity contribution in [1.82, 2.24) is 0 Å². The highest BCUT2D eigenvalue weighted by Crippen LogP contribution is 2.54. The van der Waals surface area contributed by atoms with Gasteiger partial charge in [0.25, 0.3) is 0 Å². The van der Waals surface area contributed by atoms with Crippen molar-refractivity contribution in [2.24, 2.45) is 11.8 Å². The van der Waals surface area contributed by atoms with Gasteiger partial charge in [-0.05, 0) is 48.9 Å². The van der Waals surface area contributed by atoms with E-state index in [4.69, 9.17) is 0 Å². The molecule has 1 fully saturated rings. The summed E-state index contributed by atoms with van der Waals surface area (Å²) in [5.41, 5.74) is 0.838. The van der Waals surface area contributed by atoms with Crippen molar-refractivity contribution in [3.63, 3.8) is 0 Å². The van der Waals surface area contributed by atoms with Gasteiger partial charge in [0.2, 0.25) is 0 Å². The Balaban J connectivity index is 1.76. The van der Waals surface area contributed by atoms with Crippen molar-refractivity contribution in [3.05, 3.63) is 72.8 Å². The lowest BCUT2D eigenvalue weighted by Crippen LogP contribution is -2.24. The van der Waals surface area contributed by atoms with E-state index in [1.807, 2.05) is 0 Å². The maximum Gasteiger partial charge on any atom is -0.00601 e. The van der Waals surface area contributed by atoms with Gasteiger partial charge >= 0.3 is 0 Å². The zero-order valence-corrected chi connectivity index (χ0v) is 12.4. The van der Waals surface area contributed by atoms with Gasteiger partial charge in [0.15, 0.2) is 0 Å². The number of hydrogen-bond donors (Lipinski definition) is 0. The second-order valence-corrected chi connectivity index (χ2v) is 8.32. The first-order valence-corrected chi connectivity index (χ1v) is 8.90. The van der Waals surface area contributed by atoms with E-state index >= 15 is 0 Å². The first-order chi connectivity index (χ1) is 9.92. The van der Waals surface area contributed by atoms with Crippen LogP contribution in [0.15, 0.2) is 72.8 Å². The zero-order valence-electron chi connectivity index (χ0n) is 11.5. The van der Waals surface area contributed by atoms with Crippen molar-refractivity contribution >= 4 is 18.5 Å². The number of allylic oxidation sites excluding steroid dienone is 2. The van der Waals surface area contributed by atoms with E-state index < -0.39 is 0 Å². The lowest BCUT2D eigenvalue weighted by Gasteiger charge is -2.30. The van der Waals surface area contributed by atoms with Crippen LogP contribution in [-0.2, 0) is 0 Å². The molecule has 0 spiro atoms. The lowest BCUT2D eigenvalue weighted by molar-refractivity contribution is 0.692. The largest absolute Gasteiger partial charge is 0.0851 e. The van der Waals surface area contributed by atoms with Crippen LogP contribution in [-0.4, -0.2) is 5.66 Å². The molecule has 0 aliphatic heterocycles. The van der Waals surface area contributed by atoms with Gasteiger partial charge in [-0.1, -0.05) is 72.8 Å². The Kier molecular flexibility index (Phi) is 3.20. The maximum absolute atomic E-state index is 2.49. The van der Waals surface area contributed by atoms with E-state index in [2.05, 4.69) is 72.8 Å². The fraction of sp³-hybridized carbons (Fsp3) is 0.263. The van der Waals surface area contributed by atoms with Crippen LogP contribution in [0.1, 0.15) is 12.8 Å². The minimum Gasteiger partial charge on any atom is -0.0851 e. The number of fused-ring (bicyclic) bond motifs is 2. The van der Waals surface area contributed by atoms with Crippen LogP contribution < -0.4 is 10.6 Å². The third-order valence-corrected chi connectivity index (χ3v) is 7.61. The Bertz CT molecular complexity index is 563. The predicted octanol–water partition coefficient (Wildman–Crippen LogP) is 4.08. The third kappa shape index (κ3) is 2.13. The zero-order chi connectivity index (χ0) is 13.4. The second kappa shape index (κ2) is 5.19. The van der Waals surface area contributed by atoms with Gasteiger partial charge in [0.05, 0.1) is 0 Å². The summed E-state index contributed by atoms with van der Waals surface area (Å²) >= 11 is 0. The van der Waals surface area contributed by atoms with E-state index in [0.717, 1.165) is 17.5 Å². The molecule has 0 radical (unpaired) electrons. The van der Waals surface area contributed by atoms with Gasteiger partial charge in [0.1, 0.15) is 0 Å². The molecule has 4 rings (SSSR count).